The molecule has 10 heavy (non-hydrogen) atoms. The minimum Gasteiger partial charge on any atom is -0.386 e. The summed E-state index contributed by atoms with van der Waals surface area (Å²) in [4.78, 5) is 0. The molecule has 1 aromatic rings. The zero-order valence-corrected chi connectivity index (χ0v) is 6.26. The zero-order valence-electron chi connectivity index (χ0n) is 6.26. The standard InChI is InChI=1S/C9H11O/c1-9(2,10)8-6-4-3-5-7-8/h3-6,10H,1-2H3. The third kappa shape index (κ3) is 1.58. The Hall–Kier alpha value is -0.820. The van der Waals surface area contributed by atoms with E-state index in [-0.39, 0.29) is 0 Å². The van der Waals surface area contributed by atoms with E-state index in [2.05, 4.69) is 6.07 Å². The second kappa shape index (κ2) is 2.43. The Morgan fingerprint density at radius 1 is 1.40 bits per heavy atom. The van der Waals surface area contributed by atoms with Gasteiger partial charge in [0.1, 0.15) is 0 Å². The maximum atomic E-state index is 9.46. The van der Waals surface area contributed by atoms with Crippen molar-refractivity contribution in [1.82, 2.24) is 0 Å². The molecule has 0 saturated heterocycles. The van der Waals surface area contributed by atoms with Gasteiger partial charge in [-0.1, -0.05) is 24.3 Å². The van der Waals surface area contributed by atoms with E-state index in [0.717, 1.165) is 5.56 Å². The van der Waals surface area contributed by atoms with Crippen LogP contribution in [-0.4, -0.2) is 5.11 Å². The fourth-order valence-corrected chi connectivity index (χ4v) is 0.774. The highest BCUT2D eigenvalue weighted by Gasteiger charge is 2.14. The molecule has 0 unspecified atom stereocenters. The Labute approximate surface area is 61.3 Å². The molecule has 0 fully saturated rings. The molecule has 0 aromatic heterocycles. The number of aliphatic hydroxyl groups is 1. The van der Waals surface area contributed by atoms with Gasteiger partial charge in [-0.05, 0) is 25.5 Å². The van der Waals surface area contributed by atoms with Gasteiger partial charge in [0.25, 0.3) is 0 Å². The van der Waals surface area contributed by atoms with Crippen molar-refractivity contribution in [2.45, 2.75) is 19.4 Å². The summed E-state index contributed by atoms with van der Waals surface area (Å²) in [6.45, 7) is 3.50. The maximum Gasteiger partial charge on any atom is 0.0846 e. The predicted molar refractivity (Wildman–Crippen MR) is 40.5 cm³/mol. The summed E-state index contributed by atoms with van der Waals surface area (Å²) in [5, 5.41) is 9.46. The average molecular weight is 135 g/mol. The van der Waals surface area contributed by atoms with Crippen LogP contribution in [0.2, 0.25) is 0 Å². The van der Waals surface area contributed by atoms with Gasteiger partial charge in [0, 0.05) is 0 Å². The van der Waals surface area contributed by atoms with Crippen LogP contribution in [0.3, 0.4) is 0 Å². The second-order valence-electron chi connectivity index (χ2n) is 2.84. The number of hydrogen-bond acceptors (Lipinski definition) is 1. The summed E-state index contributed by atoms with van der Waals surface area (Å²) in [7, 11) is 0. The van der Waals surface area contributed by atoms with E-state index in [1.54, 1.807) is 19.9 Å². The topological polar surface area (TPSA) is 20.2 Å². The molecule has 1 heteroatoms. The van der Waals surface area contributed by atoms with Crippen molar-refractivity contribution in [2.24, 2.45) is 0 Å². The molecule has 1 aromatic carbocycles. The van der Waals surface area contributed by atoms with E-state index in [1.807, 2.05) is 18.2 Å². The molecule has 1 N–H and O–H groups in total. The van der Waals surface area contributed by atoms with Crippen LogP contribution in [0.25, 0.3) is 0 Å². The SMILES string of the molecule is CC(C)(O)c1[c]cccc1. The maximum absolute atomic E-state index is 9.46. The van der Waals surface area contributed by atoms with Crippen LogP contribution >= 0.6 is 0 Å². The van der Waals surface area contributed by atoms with Gasteiger partial charge < -0.3 is 5.11 Å². The molecule has 53 valence electrons. The normalized spacial score (nSPS) is 11.5. The summed E-state index contributed by atoms with van der Waals surface area (Å²) < 4.78 is 0. The van der Waals surface area contributed by atoms with Crippen LogP contribution in [-0.2, 0) is 5.60 Å². The Morgan fingerprint density at radius 3 is 2.40 bits per heavy atom. The first-order chi connectivity index (χ1) is 4.61. The van der Waals surface area contributed by atoms with Crippen LogP contribution < -0.4 is 0 Å². The zero-order chi connectivity index (χ0) is 7.61. The van der Waals surface area contributed by atoms with Crippen LogP contribution in [0, 0.1) is 6.07 Å². The molecule has 1 nitrogen and oxygen atoms in total. The Morgan fingerprint density at radius 2 is 2.10 bits per heavy atom. The third-order valence-electron chi connectivity index (χ3n) is 1.37. The van der Waals surface area contributed by atoms with E-state index in [9.17, 15) is 5.11 Å². The van der Waals surface area contributed by atoms with Gasteiger partial charge in [-0.15, -0.1) is 0 Å². The van der Waals surface area contributed by atoms with Gasteiger partial charge in [0.15, 0.2) is 0 Å². The highest BCUT2D eigenvalue weighted by molar-refractivity contribution is 5.18. The van der Waals surface area contributed by atoms with E-state index >= 15 is 0 Å². The summed E-state index contributed by atoms with van der Waals surface area (Å²) in [5.41, 5.74) is 0.0661. The van der Waals surface area contributed by atoms with Crippen molar-refractivity contribution < 1.29 is 5.11 Å². The Kier molecular flexibility index (Phi) is 1.77. The third-order valence-corrected chi connectivity index (χ3v) is 1.37. The van der Waals surface area contributed by atoms with Crippen molar-refractivity contribution in [1.29, 1.82) is 0 Å². The Bertz CT molecular complexity index is 196. The van der Waals surface area contributed by atoms with E-state index in [1.165, 1.54) is 0 Å². The molecule has 0 heterocycles. The van der Waals surface area contributed by atoms with E-state index in [0.29, 0.717) is 0 Å². The fourth-order valence-electron chi connectivity index (χ4n) is 0.774. The van der Waals surface area contributed by atoms with Crippen molar-refractivity contribution in [2.75, 3.05) is 0 Å². The molecular weight excluding hydrogens is 124 g/mol. The predicted octanol–water partition coefficient (Wildman–Crippen LogP) is 1.71. The van der Waals surface area contributed by atoms with Gasteiger partial charge >= 0.3 is 0 Å². The highest BCUT2D eigenvalue weighted by Crippen LogP contribution is 2.17. The van der Waals surface area contributed by atoms with Crippen molar-refractivity contribution in [3.05, 3.63) is 35.9 Å². The average Bonchev–Trinajstić information content (AvgIpc) is 1.88. The monoisotopic (exact) mass is 135 g/mol. The molecule has 0 amide bonds. The van der Waals surface area contributed by atoms with Crippen LogP contribution in [0.4, 0.5) is 0 Å². The lowest BCUT2D eigenvalue weighted by Gasteiger charge is -2.16. The Balaban J connectivity index is 2.97. The quantitative estimate of drug-likeness (QED) is 0.621. The van der Waals surface area contributed by atoms with E-state index in [4.69, 9.17) is 0 Å². The molecule has 0 atom stereocenters. The van der Waals surface area contributed by atoms with Gasteiger partial charge in [-0.3, -0.25) is 0 Å². The summed E-state index contributed by atoms with van der Waals surface area (Å²) >= 11 is 0. The number of rotatable bonds is 1. The van der Waals surface area contributed by atoms with Crippen molar-refractivity contribution >= 4 is 0 Å². The van der Waals surface area contributed by atoms with Crippen LogP contribution in [0.15, 0.2) is 24.3 Å². The number of hydrogen-bond donors (Lipinski definition) is 1. The van der Waals surface area contributed by atoms with Gasteiger partial charge in [-0.2, -0.15) is 0 Å². The lowest BCUT2D eigenvalue weighted by molar-refractivity contribution is 0.0783. The molecule has 0 aliphatic heterocycles. The van der Waals surface area contributed by atoms with Crippen LogP contribution in [0.1, 0.15) is 19.4 Å². The summed E-state index contributed by atoms with van der Waals surface area (Å²) in [6.07, 6.45) is 0. The first-order valence-electron chi connectivity index (χ1n) is 3.30. The van der Waals surface area contributed by atoms with Crippen LogP contribution in [0.5, 0.6) is 0 Å². The lowest BCUT2D eigenvalue weighted by Crippen LogP contribution is -2.14. The molecule has 0 spiro atoms. The van der Waals surface area contributed by atoms with Gasteiger partial charge in [-0.25, -0.2) is 0 Å². The smallest absolute Gasteiger partial charge is 0.0846 e. The van der Waals surface area contributed by atoms with Crippen molar-refractivity contribution in [3.8, 4) is 0 Å². The van der Waals surface area contributed by atoms with Crippen molar-refractivity contribution in [3.63, 3.8) is 0 Å². The van der Waals surface area contributed by atoms with Gasteiger partial charge in [0.05, 0.1) is 5.60 Å². The first-order valence-corrected chi connectivity index (χ1v) is 3.30. The summed E-state index contributed by atoms with van der Waals surface area (Å²) in [5.74, 6) is 0. The minimum absolute atomic E-state index is 0.763. The molecule has 0 saturated carbocycles. The molecule has 1 rings (SSSR count). The second-order valence-corrected chi connectivity index (χ2v) is 2.84. The molecular formula is C9H11O. The lowest BCUT2D eigenvalue weighted by atomic mass is 9.99. The highest BCUT2D eigenvalue weighted by atomic mass is 16.3. The molecule has 0 aliphatic carbocycles. The largest absolute Gasteiger partial charge is 0.386 e. The molecule has 0 bridgehead atoms. The van der Waals surface area contributed by atoms with E-state index < -0.39 is 5.60 Å². The molecule has 1 radical (unpaired) electrons. The number of benzene rings is 1. The molecule has 0 aliphatic rings. The van der Waals surface area contributed by atoms with Gasteiger partial charge in [0.2, 0.25) is 0 Å². The minimum atomic E-state index is -0.763. The fraction of sp³-hybridized carbons (Fsp3) is 0.333. The summed E-state index contributed by atoms with van der Waals surface area (Å²) in [6, 6.07) is 10.4. The first kappa shape index (κ1) is 7.29.